The van der Waals surface area contributed by atoms with Gasteiger partial charge in [-0.2, -0.15) is 5.26 Å². The van der Waals surface area contributed by atoms with E-state index >= 15 is 0 Å². The molecule has 1 aromatic carbocycles. The molecule has 0 unspecified atom stereocenters. The van der Waals surface area contributed by atoms with Crippen molar-refractivity contribution in [2.24, 2.45) is 5.92 Å². The smallest absolute Gasteiger partial charge is 0.126 e. The van der Waals surface area contributed by atoms with Gasteiger partial charge >= 0.3 is 0 Å². The molecule has 0 aliphatic rings. The fourth-order valence-corrected chi connectivity index (χ4v) is 0.893. The van der Waals surface area contributed by atoms with E-state index in [-0.39, 0.29) is 5.92 Å². The molecule has 0 aliphatic heterocycles. The number of hydrogen-bond donors (Lipinski definition) is 0. The number of aldehydes is 1. The summed E-state index contributed by atoms with van der Waals surface area (Å²) in [6, 6.07) is 8.82. The molecule has 0 bridgehead atoms. The van der Waals surface area contributed by atoms with E-state index in [1.165, 1.54) is 0 Å². The van der Waals surface area contributed by atoms with Crippen LogP contribution in [0.15, 0.2) is 24.3 Å². The van der Waals surface area contributed by atoms with Crippen LogP contribution >= 0.6 is 0 Å². The van der Waals surface area contributed by atoms with E-state index in [4.69, 9.17) is 10.00 Å². The van der Waals surface area contributed by atoms with E-state index in [1.54, 1.807) is 31.2 Å². The highest BCUT2D eigenvalue weighted by atomic mass is 16.5. The van der Waals surface area contributed by atoms with Gasteiger partial charge in [0, 0.05) is 5.92 Å². The van der Waals surface area contributed by atoms with Gasteiger partial charge in [-0.15, -0.1) is 0 Å². The summed E-state index contributed by atoms with van der Waals surface area (Å²) in [5.41, 5.74) is 0.598. The van der Waals surface area contributed by atoms with Crippen molar-refractivity contribution < 1.29 is 9.53 Å². The lowest BCUT2D eigenvalue weighted by molar-refractivity contribution is -0.111. The van der Waals surface area contributed by atoms with Crippen molar-refractivity contribution in [3.05, 3.63) is 29.8 Å². The molecule has 1 aromatic rings. The van der Waals surface area contributed by atoms with Crippen molar-refractivity contribution in [1.82, 2.24) is 0 Å². The zero-order valence-corrected chi connectivity index (χ0v) is 7.93. The first kappa shape index (κ1) is 10.3. The molecular weight excluding hydrogens is 178 g/mol. The third-order valence-corrected chi connectivity index (χ3v) is 1.73. The number of benzene rings is 1. The van der Waals surface area contributed by atoms with Crippen LogP contribution in [-0.2, 0) is 4.79 Å². The number of rotatable bonds is 4. The van der Waals surface area contributed by atoms with Gasteiger partial charge < -0.3 is 9.53 Å². The number of carbonyl (C=O) groups is 1. The van der Waals surface area contributed by atoms with Crippen LogP contribution in [0, 0.1) is 17.2 Å². The van der Waals surface area contributed by atoms with Crippen LogP contribution in [0.2, 0.25) is 0 Å². The first-order chi connectivity index (χ1) is 6.76. The largest absolute Gasteiger partial charge is 0.493 e. The number of nitrogens with zero attached hydrogens (tertiary/aromatic N) is 1. The predicted molar refractivity (Wildman–Crippen MR) is 51.9 cm³/mol. The van der Waals surface area contributed by atoms with E-state index in [0.29, 0.717) is 17.9 Å². The summed E-state index contributed by atoms with van der Waals surface area (Å²) in [6.45, 7) is 2.16. The number of ether oxygens (including phenoxy) is 1. The minimum Gasteiger partial charge on any atom is -0.493 e. The minimum atomic E-state index is -0.106. The molecule has 0 aliphatic carbocycles. The Balaban J connectivity index is 2.52. The molecule has 0 saturated heterocycles. The molecule has 3 nitrogen and oxygen atoms in total. The lowest BCUT2D eigenvalue weighted by Crippen LogP contribution is -2.09. The van der Waals surface area contributed by atoms with Crippen LogP contribution in [-0.4, -0.2) is 12.9 Å². The van der Waals surface area contributed by atoms with Crippen LogP contribution < -0.4 is 4.74 Å². The van der Waals surface area contributed by atoms with Crippen LogP contribution in [0.5, 0.6) is 5.75 Å². The molecule has 14 heavy (non-hydrogen) atoms. The average molecular weight is 189 g/mol. The van der Waals surface area contributed by atoms with Crippen molar-refractivity contribution in [1.29, 1.82) is 5.26 Å². The molecule has 1 rings (SSSR count). The maximum atomic E-state index is 10.3. The van der Waals surface area contributed by atoms with Gasteiger partial charge in [-0.3, -0.25) is 0 Å². The second-order valence-electron chi connectivity index (χ2n) is 3.06. The average Bonchev–Trinajstić information content (AvgIpc) is 2.26. The summed E-state index contributed by atoms with van der Waals surface area (Å²) in [5.74, 6) is 0.573. The first-order valence-electron chi connectivity index (χ1n) is 4.34. The normalized spacial score (nSPS) is 11.4. The molecule has 0 N–H and O–H groups in total. The quantitative estimate of drug-likeness (QED) is 0.678. The lowest BCUT2D eigenvalue weighted by atomic mass is 10.2. The predicted octanol–water partition coefficient (Wildman–Crippen LogP) is 1.77. The molecule has 0 fully saturated rings. The monoisotopic (exact) mass is 189 g/mol. The summed E-state index contributed by atoms with van der Waals surface area (Å²) in [6.07, 6.45) is 0.851. The highest BCUT2D eigenvalue weighted by molar-refractivity contribution is 5.52. The maximum Gasteiger partial charge on any atom is 0.126 e. The number of hydrogen-bond acceptors (Lipinski definition) is 3. The van der Waals surface area contributed by atoms with Crippen molar-refractivity contribution in [3.8, 4) is 11.8 Å². The van der Waals surface area contributed by atoms with Gasteiger partial charge in [0.25, 0.3) is 0 Å². The second kappa shape index (κ2) is 5.03. The summed E-state index contributed by atoms with van der Waals surface area (Å²) in [5, 5.41) is 8.55. The van der Waals surface area contributed by atoms with E-state index in [1.807, 2.05) is 6.07 Å². The van der Waals surface area contributed by atoms with Gasteiger partial charge in [-0.25, -0.2) is 0 Å². The van der Waals surface area contributed by atoms with Gasteiger partial charge in [0.1, 0.15) is 12.0 Å². The van der Waals surface area contributed by atoms with Gasteiger partial charge in [0.15, 0.2) is 0 Å². The molecule has 0 spiro atoms. The molecule has 0 radical (unpaired) electrons. The van der Waals surface area contributed by atoms with E-state index in [2.05, 4.69) is 0 Å². The lowest BCUT2D eigenvalue weighted by Gasteiger charge is -2.07. The standard InChI is InChI=1S/C11H11NO2/c1-9(7-13)8-14-11-4-2-10(6-12)3-5-11/h2-5,7,9H,8H2,1H3/t9-/m0/s1. The summed E-state index contributed by atoms with van der Waals surface area (Å²) in [4.78, 5) is 10.3. The third kappa shape index (κ3) is 2.91. The minimum absolute atomic E-state index is 0.106. The molecule has 72 valence electrons. The molecule has 3 heteroatoms. The van der Waals surface area contributed by atoms with E-state index in [9.17, 15) is 4.79 Å². The van der Waals surface area contributed by atoms with E-state index in [0.717, 1.165) is 6.29 Å². The Kier molecular flexibility index (Phi) is 3.69. The first-order valence-corrected chi connectivity index (χ1v) is 4.34. The molecule has 1 atom stereocenters. The van der Waals surface area contributed by atoms with Crippen LogP contribution in [0.1, 0.15) is 12.5 Å². The Hall–Kier alpha value is -1.82. The van der Waals surface area contributed by atoms with Crippen LogP contribution in [0.25, 0.3) is 0 Å². The third-order valence-electron chi connectivity index (χ3n) is 1.73. The molecule has 0 amide bonds. The van der Waals surface area contributed by atoms with E-state index < -0.39 is 0 Å². The topological polar surface area (TPSA) is 50.1 Å². The summed E-state index contributed by atoms with van der Waals surface area (Å²) in [7, 11) is 0. The highest BCUT2D eigenvalue weighted by Gasteiger charge is 2.00. The molecule has 0 saturated carbocycles. The van der Waals surface area contributed by atoms with Crippen molar-refractivity contribution in [2.45, 2.75) is 6.92 Å². The Bertz CT molecular complexity index is 337. The SMILES string of the molecule is C[C@@H](C=O)COc1ccc(C#N)cc1. The number of carbonyl (C=O) groups excluding carboxylic acids is 1. The Morgan fingerprint density at radius 2 is 2.14 bits per heavy atom. The van der Waals surface area contributed by atoms with Crippen LogP contribution in [0.3, 0.4) is 0 Å². The fourth-order valence-electron chi connectivity index (χ4n) is 0.893. The van der Waals surface area contributed by atoms with Gasteiger partial charge in [-0.05, 0) is 24.3 Å². The van der Waals surface area contributed by atoms with Gasteiger partial charge in [-0.1, -0.05) is 6.92 Å². The Labute approximate surface area is 82.9 Å². The second-order valence-corrected chi connectivity index (χ2v) is 3.06. The Morgan fingerprint density at radius 3 is 2.64 bits per heavy atom. The van der Waals surface area contributed by atoms with Crippen molar-refractivity contribution in [2.75, 3.05) is 6.61 Å². The zero-order valence-electron chi connectivity index (χ0n) is 7.93. The molecule has 0 aromatic heterocycles. The fraction of sp³-hybridized carbons (Fsp3) is 0.273. The van der Waals surface area contributed by atoms with Crippen molar-refractivity contribution in [3.63, 3.8) is 0 Å². The highest BCUT2D eigenvalue weighted by Crippen LogP contribution is 2.12. The van der Waals surface area contributed by atoms with Crippen LogP contribution in [0.4, 0.5) is 0 Å². The summed E-state index contributed by atoms with van der Waals surface area (Å²) >= 11 is 0. The molecule has 0 heterocycles. The number of nitriles is 1. The maximum absolute atomic E-state index is 10.3. The summed E-state index contributed by atoms with van der Waals surface area (Å²) < 4.78 is 5.32. The Morgan fingerprint density at radius 1 is 1.50 bits per heavy atom. The van der Waals surface area contributed by atoms with Gasteiger partial charge in [0.2, 0.25) is 0 Å². The zero-order chi connectivity index (χ0) is 10.4. The van der Waals surface area contributed by atoms with Gasteiger partial charge in [0.05, 0.1) is 18.2 Å². The molecular formula is C11H11NO2. The van der Waals surface area contributed by atoms with Crippen molar-refractivity contribution >= 4 is 6.29 Å².